The van der Waals surface area contributed by atoms with E-state index in [0.717, 1.165) is 0 Å². The van der Waals surface area contributed by atoms with Crippen molar-refractivity contribution in [2.24, 2.45) is 0 Å². The quantitative estimate of drug-likeness (QED) is 0.520. The van der Waals surface area contributed by atoms with Crippen molar-refractivity contribution in [1.29, 1.82) is 0 Å². The zero-order valence-corrected chi connectivity index (χ0v) is 14.2. The van der Waals surface area contributed by atoms with E-state index < -0.39 is 18.0 Å². The van der Waals surface area contributed by atoms with Gasteiger partial charge in [0.15, 0.2) is 0 Å². The molecule has 2 aromatic carbocycles. The van der Waals surface area contributed by atoms with Gasteiger partial charge in [-0.25, -0.2) is 5.06 Å². The van der Waals surface area contributed by atoms with Crippen molar-refractivity contribution in [3.63, 3.8) is 0 Å². The van der Waals surface area contributed by atoms with Gasteiger partial charge in [-0.2, -0.15) is 18.2 Å². The van der Waals surface area contributed by atoms with Gasteiger partial charge in [-0.15, -0.1) is 0 Å². The summed E-state index contributed by atoms with van der Waals surface area (Å²) < 4.78 is 41.7. The summed E-state index contributed by atoms with van der Waals surface area (Å²) in [4.78, 5) is 15.5. The summed E-state index contributed by atoms with van der Waals surface area (Å²) in [6.45, 7) is -0.148. The standard InChI is InChI=1S/C17H11ClF3N3O3/c18-13-4-2-1-3-12(13)15(25)24(26)9-10-5-7-11(8-6-10)14-22-16(27-23-14)17(19,20)21/h1-8,26H,9H2. The predicted octanol–water partition coefficient (Wildman–Crippen LogP) is 4.44. The molecule has 0 saturated carbocycles. The third-order valence-corrected chi connectivity index (χ3v) is 3.88. The van der Waals surface area contributed by atoms with E-state index in [1.807, 2.05) is 0 Å². The molecule has 0 spiro atoms. The molecule has 1 aromatic heterocycles. The first kappa shape index (κ1) is 18.9. The Morgan fingerprint density at radius 1 is 1.15 bits per heavy atom. The van der Waals surface area contributed by atoms with Gasteiger partial charge in [-0.3, -0.25) is 10.0 Å². The summed E-state index contributed by atoms with van der Waals surface area (Å²) in [5, 5.41) is 14.0. The molecule has 0 saturated heterocycles. The highest BCUT2D eigenvalue weighted by molar-refractivity contribution is 6.33. The molecule has 0 aliphatic carbocycles. The maximum atomic E-state index is 12.5. The smallest absolute Gasteiger partial charge is 0.329 e. The predicted molar refractivity (Wildman–Crippen MR) is 87.8 cm³/mol. The van der Waals surface area contributed by atoms with Crippen molar-refractivity contribution >= 4 is 17.5 Å². The van der Waals surface area contributed by atoms with Crippen LogP contribution in [0.3, 0.4) is 0 Å². The normalized spacial score (nSPS) is 11.4. The summed E-state index contributed by atoms with van der Waals surface area (Å²) in [7, 11) is 0. The van der Waals surface area contributed by atoms with E-state index in [4.69, 9.17) is 11.6 Å². The van der Waals surface area contributed by atoms with E-state index in [1.54, 1.807) is 12.1 Å². The van der Waals surface area contributed by atoms with Crippen LogP contribution in [0.2, 0.25) is 5.02 Å². The highest BCUT2D eigenvalue weighted by atomic mass is 35.5. The van der Waals surface area contributed by atoms with Crippen LogP contribution in [0.1, 0.15) is 21.8 Å². The molecule has 0 bridgehead atoms. The van der Waals surface area contributed by atoms with E-state index in [1.165, 1.54) is 36.4 Å². The number of hydrogen-bond acceptors (Lipinski definition) is 5. The zero-order valence-electron chi connectivity index (χ0n) is 13.4. The fraction of sp³-hybridized carbons (Fsp3) is 0.118. The van der Waals surface area contributed by atoms with Gasteiger partial charge in [0.25, 0.3) is 5.91 Å². The fourth-order valence-corrected chi connectivity index (χ4v) is 2.45. The van der Waals surface area contributed by atoms with Gasteiger partial charge in [-0.05, 0) is 17.7 Å². The lowest BCUT2D eigenvalue weighted by Crippen LogP contribution is -2.27. The monoisotopic (exact) mass is 397 g/mol. The highest BCUT2D eigenvalue weighted by Gasteiger charge is 2.38. The van der Waals surface area contributed by atoms with Gasteiger partial charge in [0.2, 0.25) is 5.82 Å². The van der Waals surface area contributed by atoms with Crippen molar-refractivity contribution in [2.45, 2.75) is 12.7 Å². The summed E-state index contributed by atoms with van der Waals surface area (Å²) in [6.07, 6.45) is -4.72. The Hall–Kier alpha value is -2.91. The molecule has 140 valence electrons. The van der Waals surface area contributed by atoms with Gasteiger partial charge < -0.3 is 4.52 Å². The Morgan fingerprint density at radius 3 is 2.41 bits per heavy atom. The molecular weight excluding hydrogens is 387 g/mol. The first-order chi connectivity index (χ1) is 12.8. The number of hydrogen-bond donors (Lipinski definition) is 1. The molecule has 0 atom stereocenters. The maximum Gasteiger partial charge on any atom is 0.471 e. The second kappa shape index (κ2) is 7.37. The topological polar surface area (TPSA) is 79.5 Å². The van der Waals surface area contributed by atoms with Crippen LogP contribution in [-0.2, 0) is 12.7 Å². The zero-order chi connectivity index (χ0) is 19.6. The Morgan fingerprint density at radius 2 is 1.81 bits per heavy atom. The molecule has 3 aromatic rings. The Labute approximate surface area is 155 Å². The van der Waals surface area contributed by atoms with Gasteiger partial charge in [0.05, 0.1) is 17.1 Å². The van der Waals surface area contributed by atoms with Gasteiger partial charge in [0, 0.05) is 5.56 Å². The number of aromatic nitrogens is 2. The lowest BCUT2D eigenvalue weighted by atomic mass is 10.1. The first-order valence-corrected chi connectivity index (χ1v) is 7.89. The number of halogens is 4. The van der Waals surface area contributed by atoms with Crippen molar-refractivity contribution in [3.05, 3.63) is 70.6 Å². The summed E-state index contributed by atoms with van der Waals surface area (Å²) in [5.74, 6) is -2.34. The van der Waals surface area contributed by atoms with Crippen molar-refractivity contribution in [3.8, 4) is 11.4 Å². The Balaban J connectivity index is 1.71. The van der Waals surface area contributed by atoms with Crippen LogP contribution in [0.4, 0.5) is 13.2 Å². The van der Waals surface area contributed by atoms with E-state index >= 15 is 0 Å². The molecule has 6 nitrogen and oxygen atoms in total. The third-order valence-electron chi connectivity index (χ3n) is 3.55. The molecule has 3 rings (SSSR count). The number of hydroxylamine groups is 2. The van der Waals surface area contributed by atoms with Crippen LogP contribution in [0, 0.1) is 0 Å². The molecule has 0 aliphatic rings. The second-order valence-electron chi connectivity index (χ2n) is 5.46. The average Bonchev–Trinajstić information content (AvgIpc) is 3.13. The molecule has 0 aliphatic heterocycles. The summed E-state index contributed by atoms with van der Waals surface area (Å²) in [6, 6.07) is 12.2. The number of benzene rings is 2. The maximum absolute atomic E-state index is 12.5. The van der Waals surface area contributed by atoms with E-state index in [-0.39, 0.29) is 23.0 Å². The average molecular weight is 398 g/mol. The minimum Gasteiger partial charge on any atom is -0.329 e. The van der Waals surface area contributed by atoms with Crippen molar-refractivity contribution < 1.29 is 27.7 Å². The second-order valence-corrected chi connectivity index (χ2v) is 5.87. The lowest BCUT2D eigenvalue weighted by molar-refractivity contribution is -0.159. The van der Waals surface area contributed by atoms with Crippen molar-refractivity contribution in [1.82, 2.24) is 15.2 Å². The largest absolute Gasteiger partial charge is 0.471 e. The highest BCUT2D eigenvalue weighted by Crippen LogP contribution is 2.29. The molecule has 1 heterocycles. The molecule has 27 heavy (non-hydrogen) atoms. The molecule has 0 radical (unpaired) electrons. The van der Waals surface area contributed by atoms with Crippen LogP contribution in [0.15, 0.2) is 53.1 Å². The fourth-order valence-electron chi connectivity index (χ4n) is 2.23. The van der Waals surface area contributed by atoms with Crippen LogP contribution in [0.5, 0.6) is 0 Å². The molecule has 0 unspecified atom stereocenters. The molecule has 10 heteroatoms. The van der Waals surface area contributed by atoms with Crippen LogP contribution < -0.4 is 0 Å². The van der Waals surface area contributed by atoms with Crippen LogP contribution >= 0.6 is 11.6 Å². The van der Waals surface area contributed by atoms with Gasteiger partial charge >= 0.3 is 12.1 Å². The van der Waals surface area contributed by atoms with E-state index in [2.05, 4.69) is 14.7 Å². The first-order valence-electron chi connectivity index (χ1n) is 7.51. The van der Waals surface area contributed by atoms with Crippen LogP contribution in [-0.4, -0.2) is 26.3 Å². The number of amides is 1. The molecule has 1 N–H and O–H groups in total. The minimum absolute atomic E-state index is 0.143. The van der Waals surface area contributed by atoms with E-state index in [9.17, 15) is 23.2 Å². The van der Waals surface area contributed by atoms with Crippen molar-refractivity contribution in [2.75, 3.05) is 0 Å². The number of rotatable bonds is 4. The third kappa shape index (κ3) is 4.26. The number of carbonyl (C=O) groups excluding carboxylic acids is 1. The molecule has 0 fully saturated rings. The molecule has 1 amide bonds. The van der Waals surface area contributed by atoms with Gasteiger partial charge in [0.1, 0.15) is 0 Å². The lowest BCUT2D eigenvalue weighted by Gasteiger charge is -2.16. The SMILES string of the molecule is O=C(c1ccccc1Cl)N(O)Cc1ccc(-c2noc(C(F)(F)F)n2)cc1. The Kier molecular flexibility index (Phi) is 5.15. The number of carbonyl (C=O) groups is 1. The summed E-state index contributed by atoms with van der Waals surface area (Å²) >= 11 is 5.93. The number of nitrogens with zero attached hydrogens (tertiary/aromatic N) is 3. The van der Waals surface area contributed by atoms with Crippen LogP contribution in [0.25, 0.3) is 11.4 Å². The number of alkyl halides is 3. The van der Waals surface area contributed by atoms with Gasteiger partial charge in [-0.1, -0.05) is 53.2 Å². The van der Waals surface area contributed by atoms with E-state index in [0.29, 0.717) is 16.2 Å². The summed E-state index contributed by atoms with van der Waals surface area (Å²) in [5.41, 5.74) is 0.964. The Bertz CT molecular complexity index is 958. The minimum atomic E-state index is -4.72. The molecular formula is C17H11ClF3N3O3.